The van der Waals surface area contributed by atoms with Crippen molar-refractivity contribution in [1.29, 1.82) is 0 Å². The number of anilines is 2. The molecule has 2 aliphatic rings. The van der Waals surface area contributed by atoms with E-state index >= 15 is 0 Å². The lowest BCUT2D eigenvalue weighted by Gasteiger charge is -2.35. The molecule has 0 aromatic heterocycles. The third-order valence-electron chi connectivity index (χ3n) is 8.63. The Labute approximate surface area is 265 Å². The number of ketones is 1. The lowest BCUT2D eigenvalue weighted by atomic mass is 9.78. The van der Waals surface area contributed by atoms with Crippen LogP contribution in [0.25, 0.3) is 0 Å². The van der Waals surface area contributed by atoms with E-state index in [0.717, 1.165) is 36.2 Å². The fraction of sp³-hybridized carbons (Fsp3) is 0.389. The van der Waals surface area contributed by atoms with Gasteiger partial charge in [-0.2, -0.15) is 0 Å². The predicted octanol–water partition coefficient (Wildman–Crippen LogP) is 7.21. The first-order valence-electron chi connectivity index (χ1n) is 15.3. The largest absolute Gasteiger partial charge is 0.493 e. The van der Waals surface area contributed by atoms with Gasteiger partial charge in [-0.05, 0) is 66.3 Å². The lowest BCUT2D eigenvalue weighted by Crippen LogP contribution is -2.38. The second-order valence-corrected chi connectivity index (χ2v) is 11.3. The van der Waals surface area contributed by atoms with Crippen molar-refractivity contribution in [3.8, 4) is 28.7 Å². The molecule has 3 aromatic carbocycles. The van der Waals surface area contributed by atoms with Crippen molar-refractivity contribution in [3.63, 3.8) is 0 Å². The van der Waals surface area contributed by atoms with Crippen molar-refractivity contribution in [2.75, 3.05) is 45.8 Å². The van der Waals surface area contributed by atoms with Gasteiger partial charge in [0.2, 0.25) is 11.7 Å². The summed E-state index contributed by atoms with van der Waals surface area (Å²) in [6.45, 7) is 2.11. The van der Waals surface area contributed by atoms with Crippen molar-refractivity contribution >= 4 is 23.1 Å². The van der Waals surface area contributed by atoms with Crippen molar-refractivity contribution in [3.05, 3.63) is 77.0 Å². The van der Waals surface area contributed by atoms with E-state index in [0.29, 0.717) is 58.4 Å². The molecule has 0 saturated carbocycles. The Morgan fingerprint density at radius 1 is 0.800 bits per heavy atom. The maximum Gasteiger partial charge on any atom is 0.227 e. The maximum atomic E-state index is 14.5. The Morgan fingerprint density at radius 3 is 2.11 bits per heavy atom. The Kier molecular flexibility index (Phi) is 9.86. The molecule has 0 saturated heterocycles. The first-order valence-corrected chi connectivity index (χ1v) is 15.3. The number of benzene rings is 3. The van der Waals surface area contributed by atoms with E-state index in [9.17, 15) is 9.59 Å². The number of allylic oxidation sites excluding steroid dienone is 1. The lowest BCUT2D eigenvalue weighted by molar-refractivity contribution is -0.119. The van der Waals surface area contributed by atoms with Crippen LogP contribution >= 0.6 is 0 Å². The first kappa shape index (κ1) is 31.8. The summed E-state index contributed by atoms with van der Waals surface area (Å²) < 4.78 is 28.1. The van der Waals surface area contributed by atoms with Crippen LogP contribution in [0, 0.1) is 0 Å². The van der Waals surface area contributed by atoms with Gasteiger partial charge in [-0.1, -0.05) is 38.0 Å². The first-order chi connectivity index (χ1) is 21.9. The number of hydrogen-bond acceptors (Lipinski definition) is 8. The molecule has 45 heavy (non-hydrogen) atoms. The number of nitrogens with one attached hydrogen (secondary N) is 1. The highest BCUT2D eigenvalue weighted by atomic mass is 16.5. The molecule has 0 bridgehead atoms. The average molecular weight is 615 g/mol. The van der Waals surface area contributed by atoms with Crippen LogP contribution in [0.2, 0.25) is 0 Å². The Bertz CT molecular complexity index is 1570. The Balaban J connectivity index is 1.71. The summed E-state index contributed by atoms with van der Waals surface area (Å²) in [6.07, 6.45) is 3.87. The van der Waals surface area contributed by atoms with E-state index < -0.39 is 6.04 Å². The standard InChI is InChI=1S/C36H42N2O7/c1-7-8-9-14-33(40)38-27-13-11-10-12-25(27)37-26-17-23(22-15-16-29(41-2)30(19-22)42-3)18-28(39)34(26)35(38)24-20-31(43-4)36(45-6)32(21-24)44-5/h10-13,15-16,19-21,23,35,37H,7-9,14,17-18H2,1-6H3. The number of amides is 1. The second-order valence-electron chi connectivity index (χ2n) is 11.3. The number of fused-ring (bicyclic) bond motifs is 1. The van der Waals surface area contributed by atoms with Gasteiger partial charge in [0, 0.05) is 24.1 Å². The molecular weight excluding hydrogens is 572 g/mol. The van der Waals surface area contributed by atoms with Gasteiger partial charge in [0.1, 0.15) is 0 Å². The van der Waals surface area contributed by atoms with Crippen LogP contribution < -0.4 is 33.9 Å². The molecule has 1 aliphatic heterocycles. The van der Waals surface area contributed by atoms with Gasteiger partial charge in [-0.15, -0.1) is 0 Å². The number of carbonyl (C=O) groups is 2. The minimum Gasteiger partial charge on any atom is -0.493 e. The molecule has 0 fully saturated rings. The second kappa shape index (κ2) is 14.0. The maximum absolute atomic E-state index is 14.5. The van der Waals surface area contributed by atoms with Gasteiger partial charge in [0.05, 0.1) is 53.0 Å². The molecule has 1 heterocycles. The van der Waals surface area contributed by atoms with E-state index in [-0.39, 0.29) is 24.0 Å². The monoisotopic (exact) mass is 614 g/mol. The molecule has 1 amide bonds. The van der Waals surface area contributed by atoms with Gasteiger partial charge in [-0.3, -0.25) is 14.5 Å². The summed E-state index contributed by atoms with van der Waals surface area (Å²) in [6, 6.07) is 16.5. The van der Waals surface area contributed by atoms with E-state index in [4.69, 9.17) is 23.7 Å². The van der Waals surface area contributed by atoms with E-state index in [1.165, 1.54) is 0 Å². The Morgan fingerprint density at radius 2 is 1.47 bits per heavy atom. The summed E-state index contributed by atoms with van der Waals surface area (Å²) in [4.78, 5) is 30.5. The zero-order chi connectivity index (χ0) is 32.1. The number of rotatable bonds is 11. The summed E-state index contributed by atoms with van der Waals surface area (Å²) in [5.41, 5.74) is 4.48. The number of nitrogens with zero attached hydrogens (tertiary/aromatic N) is 1. The number of hydrogen-bond donors (Lipinski definition) is 1. The van der Waals surface area contributed by atoms with E-state index in [1.54, 1.807) is 40.4 Å². The molecule has 1 N–H and O–H groups in total. The summed E-state index contributed by atoms with van der Waals surface area (Å²) >= 11 is 0. The molecule has 0 radical (unpaired) electrons. The molecule has 1 aliphatic carbocycles. The number of para-hydroxylation sites is 2. The van der Waals surface area contributed by atoms with Crippen LogP contribution in [-0.2, 0) is 9.59 Å². The van der Waals surface area contributed by atoms with Crippen molar-refractivity contribution < 1.29 is 33.3 Å². The van der Waals surface area contributed by atoms with E-state index in [1.807, 2.05) is 54.6 Å². The minimum absolute atomic E-state index is 0.0403. The van der Waals surface area contributed by atoms with Crippen LogP contribution in [0.5, 0.6) is 28.7 Å². The highest BCUT2D eigenvalue weighted by molar-refractivity contribution is 6.06. The van der Waals surface area contributed by atoms with Crippen LogP contribution in [0.15, 0.2) is 65.9 Å². The molecule has 9 heteroatoms. The van der Waals surface area contributed by atoms with E-state index in [2.05, 4.69) is 12.2 Å². The third kappa shape index (κ3) is 6.16. The fourth-order valence-corrected chi connectivity index (χ4v) is 6.43. The average Bonchev–Trinajstić information content (AvgIpc) is 3.22. The van der Waals surface area contributed by atoms with Crippen LogP contribution in [0.3, 0.4) is 0 Å². The zero-order valence-corrected chi connectivity index (χ0v) is 26.9. The summed E-state index contributed by atoms with van der Waals surface area (Å²) in [7, 11) is 7.87. The van der Waals surface area contributed by atoms with Crippen molar-refractivity contribution in [2.45, 2.75) is 57.4 Å². The minimum atomic E-state index is -0.724. The number of unbranched alkanes of at least 4 members (excludes halogenated alkanes) is 2. The topological polar surface area (TPSA) is 95.6 Å². The van der Waals surface area contributed by atoms with Crippen LogP contribution in [0.4, 0.5) is 11.4 Å². The van der Waals surface area contributed by atoms with Crippen LogP contribution in [0.1, 0.15) is 68.5 Å². The zero-order valence-electron chi connectivity index (χ0n) is 26.9. The van der Waals surface area contributed by atoms with Gasteiger partial charge in [0.15, 0.2) is 28.8 Å². The van der Waals surface area contributed by atoms with Crippen molar-refractivity contribution in [1.82, 2.24) is 0 Å². The molecule has 5 rings (SSSR count). The van der Waals surface area contributed by atoms with Crippen LogP contribution in [-0.4, -0.2) is 47.2 Å². The normalized spacial score (nSPS) is 17.5. The van der Waals surface area contributed by atoms with Gasteiger partial charge in [0.25, 0.3) is 0 Å². The highest BCUT2D eigenvalue weighted by Gasteiger charge is 2.42. The predicted molar refractivity (Wildman–Crippen MR) is 174 cm³/mol. The number of methoxy groups -OCH3 is 5. The molecule has 3 aromatic rings. The third-order valence-corrected chi connectivity index (χ3v) is 8.63. The number of carbonyl (C=O) groups excluding carboxylic acids is 2. The SMILES string of the molecule is CCCCCC(=O)N1c2ccccc2NC2=C(C(=O)CC(c3ccc(OC)c(OC)c3)C2)C1c1cc(OC)c(OC)c(OC)c1. The molecule has 0 spiro atoms. The van der Waals surface area contributed by atoms with Crippen molar-refractivity contribution in [2.24, 2.45) is 0 Å². The van der Waals surface area contributed by atoms with Gasteiger partial charge < -0.3 is 29.0 Å². The molecule has 2 unspecified atom stereocenters. The van der Waals surface area contributed by atoms with Gasteiger partial charge in [-0.25, -0.2) is 0 Å². The summed E-state index contributed by atoms with van der Waals surface area (Å²) in [5, 5.41) is 3.60. The summed E-state index contributed by atoms with van der Waals surface area (Å²) in [5.74, 6) is 2.37. The molecule has 238 valence electrons. The fourth-order valence-electron chi connectivity index (χ4n) is 6.43. The molecule has 2 atom stereocenters. The number of ether oxygens (including phenoxy) is 5. The van der Waals surface area contributed by atoms with Gasteiger partial charge >= 0.3 is 0 Å². The molecule has 9 nitrogen and oxygen atoms in total. The molecular formula is C36H42N2O7. The Hall–Kier alpha value is -4.66. The smallest absolute Gasteiger partial charge is 0.227 e. The quantitative estimate of drug-likeness (QED) is 0.227. The number of Topliss-reactive ketones (excluding diaryl/α,β-unsaturated/α-hetero) is 1. The highest BCUT2D eigenvalue weighted by Crippen LogP contribution is 2.50.